The number of piperidine rings is 1. The summed E-state index contributed by atoms with van der Waals surface area (Å²) >= 11 is 0. The van der Waals surface area contributed by atoms with Gasteiger partial charge in [-0.1, -0.05) is 25.1 Å². The number of nitrogens with zero attached hydrogens (tertiary/aromatic N) is 2. The number of ether oxygens (including phenoxy) is 1. The van der Waals surface area contributed by atoms with Gasteiger partial charge >= 0.3 is 0 Å². The van der Waals surface area contributed by atoms with E-state index >= 15 is 0 Å². The molecule has 0 aromatic heterocycles. The molecule has 1 aliphatic heterocycles. The van der Waals surface area contributed by atoms with Gasteiger partial charge in [0.05, 0.1) is 13.7 Å². The second-order valence-electron chi connectivity index (χ2n) is 6.58. The first-order valence-electron chi connectivity index (χ1n) is 9.12. The van der Waals surface area contributed by atoms with Crippen LogP contribution in [0.4, 0.5) is 0 Å². The molecule has 1 N–H and O–H groups in total. The van der Waals surface area contributed by atoms with Crippen LogP contribution in [0.15, 0.2) is 36.9 Å². The maximum atomic E-state index is 12.4. The molecule has 0 unspecified atom stereocenters. The van der Waals surface area contributed by atoms with Crippen molar-refractivity contribution in [1.29, 1.82) is 0 Å². The summed E-state index contributed by atoms with van der Waals surface area (Å²) in [6.45, 7) is 11.0. The molecule has 0 saturated carbocycles. The Morgan fingerprint density at radius 3 is 2.60 bits per heavy atom. The minimum atomic E-state index is 0.102. The van der Waals surface area contributed by atoms with Gasteiger partial charge < -0.3 is 15.0 Å². The van der Waals surface area contributed by atoms with Gasteiger partial charge in [0, 0.05) is 32.2 Å². The second kappa shape index (κ2) is 10.2. The van der Waals surface area contributed by atoms with Crippen molar-refractivity contribution in [3.05, 3.63) is 42.5 Å². The normalized spacial score (nSPS) is 16.0. The van der Waals surface area contributed by atoms with E-state index < -0.39 is 0 Å². The third-order valence-corrected chi connectivity index (χ3v) is 4.72. The number of likely N-dealkylation sites (tertiary alicyclic amines) is 1. The Balaban J connectivity index is 1.83. The zero-order valence-electron chi connectivity index (χ0n) is 15.5. The molecule has 0 atom stereocenters. The molecule has 1 aromatic rings. The largest absolute Gasteiger partial charge is 0.497 e. The summed E-state index contributed by atoms with van der Waals surface area (Å²) in [6, 6.07) is 8.27. The van der Waals surface area contributed by atoms with Crippen molar-refractivity contribution in [3.63, 3.8) is 0 Å². The van der Waals surface area contributed by atoms with Gasteiger partial charge in [0.1, 0.15) is 5.75 Å². The van der Waals surface area contributed by atoms with Crippen LogP contribution in [0.3, 0.4) is 0 Å². The molecule has 1 fully saturated rings. The van der Waals surface area contributed by atoms with Gasteiger partial charge in [-0.25, -0.2) is 0 Å². The van der Waals surface area contributed by atoms with Gasteiger partial charge in [-0.15, -0.1) is 6.58 Å². The summed E-state index contributed by atoms with van der Waals surface area (Å²) in [4.78, 5) is 16.9. The van der Waals surface area contributed by atoms with E-state index in [0.717, 1.165) is 50.3 Å². The van der Waals surface area contributed by atoms with Crippen LogP contribution < -0.4 is 10.1 Å². The van der Waals surface area contributed by atoms with Crippen molar-refractivity contribution in [3.8, 4) is 5.75 Å². The number of hydrogen-bond donors (Lipinski definition) is 1. The minimum absolute atomic E-state index is 0.102. The standard InChI is InChI=1S/C20H31N3O2/c1-4-12-23(15-17-6-8-19(25-3)9-7-17)16-20(24)21-18-10-13-22(5-2)14-11-18/h4,6-9,18H,1,5,10-16H2,2-3H3,(H,21,24). The van der Waals surface area contributed by atoms with E-state index in [-0.39, 0.29) is 5.91 Å². The zero-order chi connectivity index (χ0) is 18.1. The predicted octanol–water partition coefficient (Wildman–Crippen LogP) is 2.28. The number of carbonyl (C=O) groups excluding carboxylic acids is 1. The van der Waals surface area contributed by atoms with Crippen LogP contribution >= 0.6 is 0 Å². The molecule has 1 aliphatic rings. The summed E-state index contributed by atoms with van der Waals surface area (Å²) in [5.41, 5.74) is 1.16. The van der Waals surface area contributed by atoms with E-state index in [2.05, 4.69) is 28.6 Å². The number of carbonyl (C=O) groups is 1. The lowest BCUT2D eigenvalue weighted by Crippen LogP contribution is -2.47. The fraction of sp³-hybridized carbons (Fsp3) is 0.550. The van der Waals surface area contributed by atoms with Gasteiger partial charge in [0.15, 0.2) is 0 Å². The van der Waals surface area contributed by atoms with Crippen LogP contribution in [-0.4, -0.2) is 61.6 Å². The van der Waals surface area contributed by atoms with E-state index in [1.165, 1.54) is 0 Å². The fourth-order valence-corrected chi connectivity index (χ4v) is 3.23. The topological polar surface area (TPSA) is 44.8 Å². The van der Waals surface area contributed by atoms with Crippen molar-refractivity contribution in [1.82, 2.24) is 15.1 Å². The second-order valence-corrected chi connectivity index (χ2v) is 6.58. The van der Waals surface area contributed by atoms with Crippen LogP contribution in [-0.2, 0) is 11.3 Å². The first-order chi connectivity index (χ1) is 12.1. The lowest BCUT2D eigenvalue weighted by Gasteiger charge is -2.32. The summed E-state index contributed by atoms with van der Waals surface area (Å²) in [7, 11) is 1.66. The molecule has 0 bridgehead atoms. The highest BCUT2D eigenvalue weighted by molar-refractivity contribution is 5.78. The van der Waals surface area contributed by atoms with E-state index in [9.17, 15) is 4.79 Å². The molecular weight excluding hydrogens is 314 g/mol. The number of methoxy groups -OCH3 is 1. The summed E-state index contributed by atoms with van der Waals surface area (Å²) in [6.07, 6.45) is 3.93. The first kappa shape index (κ1) is 19.5. The molecule has 25 heavy (non-hydrogen) atoms. The van der Waals surface area contributed by atoms with E-state index in [0.29, 0.717) is 19.1 Å². The molecule has 1 saturated heterocycles. The van der Waals surface area contributed by atoms with Crippen molar-refractivity contribution in [2.45, 2.75) is 32.4 Å². The van der Waals surface area contributed by atoms with Crippen LogP contribution in [0.2, 0.25) is 0 Å². The zero-order valence-corrected chi connectivity index (χ0v) is 15.5. The smallest absolute Gasteiger partial charge is 0.234 e. The van der Waals surface area contributed by atoms with Crippen molar-refractivity contribution in [2.24, 2.45) is 0 Å². The summed E-state index contributed by atoms with van der Waals surface area (Å²) in [5.74, 6) is 0.945. The lowest BCUT2D eigenvalue weighted by molar-refractivity contribution is -0.123. The van der Waals surface area contributed by atoms with Gasteiger partial charge in [-0.05, 0) is 37.1 Å². The summed E-state index contributed by atoms with van der Waals surface area (Å²) < 4.78 is 5.19. The Hall–Kier alpha value is -1.85. The maximum Gasteiger partial charge on any atom is 0.234 e. The van der Waals surface area contributed by atoms with Gasteiger partial charge in [0.2, 0.25) is 5.91 Å². The van der Waals surface area contributed by atoms with E-state index in [1.807, 2.05) is 30.3 Å². The van der Waals surface area contributed by atoms with Crippen molar-refractivity contribution >= 4 is 5.91 Å². The quantitative estimate of drug-likeness (QED) is 0.698. The Labute approximate surface area is 151 Å². The Kier molecular flexibility index (Phi) is 7.95. The molecule has 0 aliphatic carbocycles. The average Bonchev–Trinajstić information content (AvgIpc) is 2.63. The molecule has 5 nitrogen and oxygen atoms in total. The van der Waals surface area contributed by atoms with Gasteiger partial charge in [-0.3, -0.25) is 9.69 Å². The molecule has 0 radical (unpaired) electrons. The highest BCUT2D eigenvalue weighted by atomic mass is 16.5. The van der Waals surface area contributed by atoms with Crippen LogP contribution in [0.5, 0.6) is 5.75 Å². The highest BCUT2D eigenvalue weighted by Crippen LogP contribution is 2.13. The summed E-state index contributed by atoms with van der Waals surface area (Å²) in [5, 5.41) is 3.19. The predicted molar refractivity (Wildman–Crippen MR) is 102 cm³/mol. The monoisotopic (exact) mass is 345 g/mol. The maximum absolute atomic E-state index is 12.4. The average molecular weight is 345 g/mol. The molecule has 5 heteroatoms. The number of nitrogens with one attached hydrogen (secondary N) is 1. The minimum Gasteiger partial charge on any atom is -0.497 e. The first-order valence-corrected chi connectivity index (χ1v) is 9.12. The van der Waals surface area contributed by atoms with Crippen molar-refractivity contribution in [2.75, 3.05) is 39.8 Å². The highest BCUT2D eigenvalue weighted by Gasteiger charge is 2.20. The fourth-order valence-electron chi connectivity index (χ4n) is 3.23. The Bertz CT molecular complexity index is 536. The number of rotatable bonds is 9. The number of amides is 1. The molecule has 2 rings (SSSR count). The van der Waals surface area contributed by atoms with Crippen LogP contribution in [0.25, 0.3) is 0 Å². The molecule has 1 heterocycles. The van der Waals surface area contributed by atoms with E-state index in [4.69, 9.17) is 4.74 Å². The van der Waals surface area contributed by atoms with Crippen molar-refractivity contribution < 1.29 is 9.53 Å². The third-order valence-electron chi connectivity index (χ3n) is 4.72. The number of hydrogen-bond acceptors (Lipinski definition) is 4. The van der Waals surface area contributed by atoms with Gasteiger partial charge in [0.25, 0.3) is 0 Å². The van der Waals surface area contributed by atoms with Crippen LogP contribution in [0.1, 0.15) is 25.3 Å². The number of benzene rings is 1. The third kappa shape index (κ3) is 6.52. The van der Waals surface area contributed by atoms with E-state index in [1.54, 1.807) is 7.11 Å². The Morgan fingerprint density at radius 2 is 2.04 bits per heavy atom. The van der Waals surface area contributed by atoms with Gasteiger partial charge in [-0.2, -0.15) is 0 Å². The Morgan fingerprint density at radius 1 is 1.36 bits per heavy atom. The molecule has 1 amide bonds. The molecular formula is C20H31N3O2. The van der Waals surface area contributed by atoms with Crippen LogP contribution in [0, 0.1) is 0 Å². The SMILES string of the molecule is C=CCN(CC(=O)NC1CCN(CC)CC1)Cc1ccc(OC)cc1. The molecule has 1 aromatic carbocycles. The molecule has 0 spiro atoms. The molecule has 138 valence electrons. The lowest BCUT2D eigenvalue weighted by atomic mass is 10.1.